The van der Waals surface area contributed by atoms with Crippen LogP contribution in [0.4, 0.5) is 0 Å². The van der Waals surface area contributed by atoms with E-state index in [9.17, 15) is 10.0 Å². The molecule has 19 heavy (non-hydrogen) atoms. The molecule has 6 nitrogen and oxygen atoms in total. The van der Waals surface area contributed by atoms with Crippen molar-refractivity contribution in [2.24, 2.45) is 5.10 Å². The van der Waals surface area contributed by atoms with Crippen LogP contribution in [0.25, 0.3) is 0 Å². The first-order chi connectivity index (χ1) is 9.16. The van der Waals surface area contributed by atoms with Crippen molar-refractivity contribution < 1.29 is 9.52 Å². The summed E-state index contributed by atoms with van der Waals surface area (Å²) in [5.74, 6) is -0.527. The third kappa shape index (κ3) is 3.35. The average molecular weight is 256 g/mol. The van der Waals surface area contributed by atoms with Gasteiger partial charge in [0.2, 0.25) is 6.20 Å². The van der Waals surface area contributed by atoms with Crippen molar-refractivity contribution in [3.05, 3.63) is 65.4 Å². The van der Waals surface area contributed by atoms with E-state index in [4.69, 9.17) is 0 Å². The number of aromatic nitrogens is 2. The number of carbonyl (C=O) groups is 1. The van der Waals surface area contributed by atoms with E-state index in [1.165, 1.54) is 12.4 Å². The number of hydrazone groups is 1. The van der Waals surface area contributed by atoms with Crippen molar-refractivity contribution >= 4 is 11.6 Å². The van der Waals surface area contributed by atoms with Crippen LogP contribution in [-0.4, -0.2) is 16.6 Å². The lowest BCUT2D eigenvalue weighted by atomic mass is 10.1. The number of nitrogens with zero attached hydrogens (tertiary/aromatic N) is 3. The summed E-state index contributed by atoms with van der Waals surface area (Å²) < 4.78 is 0.510. The zero-order chi connectivity index (χ0) is 13.7. The molecule has 0 bridgehead atoms. The third-order valence-corrected chi connectivity index (χ3v) is 2.43. The molecule has 0 aliphatic rings. The van der Waals surface area contributed by atoms with E-state index in [2.05, 4.69) is 15.5 Å². The van der Waals surface area contributed by atoms with Gasteiger partial charge in [-0.25, -0.2) is 10.4 Å². The standard InChI is InChI=1S/C13H12N4O2/c1-10(11-5-3-2-4-6-11)15-16-13(18)12-9-17(19)8-7-14-12/h2-9H,1H3,(H,16,18)/b15-10+. The van der Waals surface area contributed by atoms with E-state index in [1.54, 1.807) is 6.92 Å². The van der Waals surface area contributed by atoms with Gasteiger partial charge >= 0.3 is 0 Å². The Morgan fingerprint density at radius 2 is 2.11 bits per heavy atom. The second kappa shape index (κ2) is 5.72. The van der Waals surface area contributed by atoms with E-state index in [0.29, 0.717) is 10.4 Å². The van der Waals surface area contributed by atoms with Crippen molar-refractivity contribution in [1.29, 1.82) is 0 Å². The van der Waals surface area contributed by atoms with E-state index >= 15 is 0 Å². The minimum absolute atomic E-state index is 0.0158. The predicted octanol–water partition coefficient (Wildman–Crippen LogP) is 0.869. The molecule has 0 saturated carbocycles. The largest absolute Gasteiger partial charge is 0.619 e. The molecule has 1 aromatic carbocycles. The molecule has 0 aliphatic carbocycles. The van der Waals surface area contributed by atoms with Crippen molar-refractivity contribution in [3.63, 3.8) is 0 Å². The van der Waals surface area contributed by atoms with Crippen molar-refractivity contribution in [2.45, 2.75) is 6.92 Å². The fourth-order valence-corrected chi connectivity index (χ4v) is 1.43. The maximum atomic E-state index is 11.7. The second-order valence-corrected chi connectivity index (χ2v) is 3.81. The Hall–Kier alpha value is -2.76. The molecular weight excluding hydrogens is 244 g/mol. The Morgan fingerprint density at radius 3 is 2.79 bits per heavy atom. The lowest BCUT2D eigenvalue weighted by Gasteiger charge is -2.02. The van der Waals surface area contributed by atoms with Crippen LogP contribution >= 0.6 is 0 Å². The summed E-state index contributed by atoms with van der Waals surface area (Å²) in [4.78, 5) is 15.5. The number of rotatable bonds is 3. The van der Waals surface area contributed by atoms with E-state index in [1.807, 2.05) is 30.3 Å². The molecule has 6 heteroatoms. The van der Waals surface area contributed by atoms with Gasteiger partial charge in [-0.1, -0.05) is 30.3 Å². The second-order valence-electron chi connectivity index (χ2n) is 3.81. The van der Waals surface area contributed by atoms with E-state index < -0.39 is 5.91 Å². The number of amides is 1. The number of hydrogen-bond donors (Lipinski definition) is 1. The smallest absolute Gasteiger partial charge is 0.296 e. The minimum atomic E-state index is -0.527. The summed E-state index contributed by atoms with van der Waals surface area (Å²) in [6.45, 7) is 1.78. The van der Waals surface area contributed by atoms with Gasteiger partial charge in [0, 0.05) is 0 Å². The molecule has 0 radical (unpaired) electrons. The van der Waals surface area contributed by atoms with Crippen molar-refractivity contribution in [1.82, 2.24) is 10.4 Å². The molecule has 0 unspecified atom stereocenters. The lowest BCUT2D eigenvalue weighted by molar-refractivity contribution is -0.606. The lowest BCUT2D eigenvalue weighted by Crippen LogP contribution is -2.29. The number of hydrogen-bond acceptors (Lipinski definition) is 4. The Balaban J connectivity index is 2.08. The molecule has 1 N–H and O–H groups in total. The monoisotopic (exact) mass is 256 g/mol. The molecule has 0 atom stereocenters. The summed E-state index contributed by atoms with van der Waals surface area (Å²) in [5.41, 5.74) is 3.95. The normalized spacial score (nSPS) is 11.1. The maximum Gasteiger partial charge on any atom is 0.296 e. The SMILES string of the molecule is C/C(=N\NC(=O)c1c[n+]([O-])ccn1)c1ccccc1. The summed E-state index contributed by atoms with van der Waals surface area (Å²) in [7, 11) is 0. The van der Waals surface area contributed by atoms with Gasteiger partial charge in [0.25, 0.3) is 5.91 Å². The van der Waals surface area contributed by atoms with Crippen LogP contribution in [0.3, 0.4) is 0 Å². The quantitative estimate of drug-likeness (QED) is 0.383. The summed E-state index contributed by atoms with van der Waals surface area (Å²) >= 11 is 0. The van der Waals surface area contributed by atoms with Gasteiger partial charge in [0.1, 0.15) is 0 Å². The topological polar surface area (TPSA) is 81.3 Å². The molecule has 1 heterocycles. The van der Waals surface area contributed by atoms with Crippen molar-refractivity contribution in [2.75, 3.05) is 0 Å². The maximum absolute atomic E-state index is 11.7. The van der Waals surface area contributed by atoms with Gasteiger partial charge in [-0.15, -0.1) is 0 Å². The van der Waals surface area contributed by atoms with Gasteiger partial charge in [0.15, 0.2) is 11.9 Å². The van der Waals surface area contributed by atoms with Crippen LogP contribution in [0.15, 0.2) is 54.0 Å². The number of nitrogens with one attached hydrogen (secondary N) is 1. The predicted molar refractivity (Wildman–Crippen MR) is 69.3 cm³/mol. The Kier molecular flexibility index (Phi) is 3.82. The zero-order valence-corrected chi connectivity index (χ0v) is 10.3. The summed E-state index contributed by atoms with van der Waals surface area (Å²) in [5, 5.41) is 15.0. The van der Waals surface area contributed by atoms with Crippen LogP contribution in [-0.2, 0) is 0 Å². The minimum Gasteiger partial charge on any atom is -0.619 e. The van der Waals surface area contributed by atoms with Crippen LogP contribution in [0.5, 0.6) is 0 Å². The van der Waals surface area contributed by atoms with Gasteiger partial charge in [-0.05, 0) is 12.5 Å². The molecule has 0 aliphatic heterocycles. The van der Waals surface area contributed by atoms with Gasteiger partial charge < -0.3 is 5.21 Å². The van der Waals surface area contributed by atoms with Crippen LogP contribution < -0.4 is 10.2 Å². The molecule has 1 amide bonds. The summed E-state index contributed by atoms with van der Waals surface area (Å²) in [6, 6.07) is 9.44. The summed E-state index contributed by atoms with van der Waals surface area (Å²) in [6.07, 6.45) is 3.55. The molecule has 2 rings (SSSR count). The highest BCUT2D eigenvalue weighted by molar-refractivity contribution is 6.00. The molecule has 2 aromatic rings. The average Bonchev–Trinajstić information content (AvgIpc) is 2.45. The highest BCUT2D eigenvalue weighted by Gasteiger charge is 2.09. The van der Waals surface area contributed by atoms with E-state index in [-0.39, 0.29) is 5.69 Å². The van der Waals surface area contributed by atoms with Crippen molar-refractivity contribution in [3.8, 4) is 0 Å². The highest BCUT2D eigenvalue weighted by Crippen LogP contribution is 2.00. The number of carbonyl (C=O) groups excluding carboxylic acids is 1. The molecule has 0 spiro atoms. The third-order valence-electron chi connectivity index (χ3n) is 2.43. The first-order valence-corrected chi connectivity index (χ1v) is 5.61. The van der Waals surface area contributed by atoms with Gasteiger partial charge in [-0.3, -0.25) is 4.79 Å². The first-order valence-electron chi connectivity index (χ1n) is 5.61. The van der Waals surface area contributed by atoms with Crippen LogP contribution in [0.2, 0.25) is 0 Å². The first kappa shape index (κ1) is 12.7. The highest BCUT2D eigenvalue weighted by atomic mass is 16.5. The fraction of sp³-hybridized carbons (Fsp3) is 0.0769. The van der Waals surface area contributed by atoms with E-state index in [0.717, 1.165) is 11.8 Å². The fourth-order valence-electron chi connectivity index (χ4n) is 1.43. The number of benzene rings is 1. The molecular formula is C13H12N4O2. The molecule has 0 saturated heterocycles. The van der Waals surface area contributed by atoms with Gasteiger partial charge in [0.05, 0.1) is 11.9 Å². The van der Waals surface area contributed by atoms with Gasteiger partial charge in [-0.2, -0.15) is 9.83 Å². The van der Waals surface area contributed by atoms with Crippen LogP contribution in [0, 0.1) is 5.21 Å². The Morgan fingerprint density at radius 1 is 1.37 bits per heavy atom. The zero-order valence-electron chi connectivity index (χ0n) is 10.3. The Labute approximate surface area is 110 Å². The molecule has 96 valence electrons. The molecule has 0 fully saturated rings. The van der Waals surface area contributed by atoms with Crippen LogP contribution in [0.1, 0.15) is 23.0 Å². The molecule has 1 aromatic heterocycles. The Bertz CT molecular complexity index is 611.